The molecule has 1 heterocycles. The van der Waals surface area contributed by atoms with Crippen LogP contribution in [-0.2, 0) is 25.5 Å². The van der Waals surface area contributed by atoms with Crippen LogP contribution in [0.5, 0.6) is 0 Å². The summed E-state index contributed by atoms with van der Waals surface area (Å²) in [5.41, 5.74) is 2.39. The molecule has 0 aromatic heterocycles. The first-order valence-corrected chi connectivity index (χ1v) is 9.46. The van der Waals surface area contributed by atoms with Crippen LogP contribution >= 0.6 is 11.6 Å². The Hall–Kier alpha value is -2.86. The molecule has 7 heteroatoms. The molecule has 1 fully saturated rings. The molecule has 0 bridgehead atoms. The van der Waals surface area contributed by atoms with Gasteiger partial charge in [-0.1, -0.05) is 36.7 Å². The minimum Gasteiger partial charge on any atom is -0.455 e. The summed E-state index contributed by atoms with van der Waals surface area (Å²) < 4.78 is 5.13. The molecule has 2 aromatic carbocycles. The minimum absolute atomic E-state index is 0.0573. The van der Waals surface area contributed by atoms with Crippen LogP contribution < -0.4 is 10.2 Å². The third-order valence-electron chi connectivity index (χ3n) is 4.61. The average Bonchev–Trinajstić information content (AvgIpc) is 3.09. The smallest absolute Gasteiger partial charge is 0.311 e. The Labute approximate surface area is 168 Å². The summed E-state index contributed by atoms with van der Waals surface area (Å²) in [6.45, 7) is 1.83. The Kier molecular flexibility index (Phi) is 6.31. The highest BCUT2D eigenvalue weighted by atomic mass is 35.5. The molecule has 146 valence electrons. The van der Waals surface area contributed by atoms with Gasteiger partial charge in [0.1, 0.15) is 0 Å². The number of rotatable bonds is 6. The molecule has 0 aliphatic carbocycles. The lowest BCUT2D eigenvalue weighted by molar-refractivity contribution is -0.151. The van der Waals surface area contributed by atoms with E-state index < -0.39 is 17.8 Å². The van der Waals surface area contributed by atoms with Crippen LogP contribution in [0.15, 0.2) is 48.5 Å². The van der Waals surface area contributed by atoms with E-state index in [0.29, 0.717) is 16.4 Å². The number of carbonyl (C=O) groups excluding carboxylic acids is 3. The van der Waals surface area contributed by atoms with Crippen LogP contribution in [0.2, 0.25) is 5.02 Å². The molecule has 2 amide bonds. The Balaban J connectivity index is 1.53. The second-order valence-corrected chi connectivity index (χ2v) is 6.98. The number of para-hydroxylation sites is 1. The van der Waals surface area contributed by atoms with E-state index >= 15 is 0 Å². The van der Waals surface area contributed by atoms with Gasteiger partial charge in [-0.3, -0.25) is 14.4 Å². The number of aryl methyl sites for hydroxylation is 1. The first-order valence-electron chi connectivity index (χ1n) is 9.08. The molecular weight excluding hydrogens is 380 g/mol. The normalized spacial score (nSPS) is 16.1. The quantitative estimate of drug-likeness (QED) is 0.753. The standard InChI is InChI=1S/C21H21ClN2O4/c1-2-14-5-3-4-6-18(14)23-19(25)13-28-21(27)15-11-20(26)24(12-15)17-9-7-16(22)8-10-17/h3-10,15H,2,11-13H2,1H3,(H,23,25)/t15-/m0/s1. The number of esters is 1. The maximum Gasteiger partial charge on any atom is 0.311 e. The molecule has 1 saturated heterocycles. The fourth-order valence-corrected chi connectivity index (χ4v) is 3.25. The molecule has 1 N–H and O–H groups in total. The third kappa shape index (κ3) is 4.70. The molecule has 0 unspecified atom stereocenters. The largest absolute Gasteiger partial charge is 0.455 e. The maximum atomic E-state index is 12.3. The molecule has 1 aliphatic rings. The highest BCUT2D eigenvalue weighted by Gasteiger charge is 2.36. The van der Waals surface area contributed by atoms with Gasteiger partial charge in [0.15, 0.2) is 6.61 Å². The lowest BCUT2D eigenvalue weighted by Gasteiger charge is -2.16. The van der Waals surface area contributed by atoms with Crippen molar-refractivity contribution in [2.75, 3.05) is 23.4 Å². The molecule has 0 radical (unpaired) electrons. The van der Waals surface area contributed by atoms with Gasteiger partial charge < -0.3 is 15.0 Å². The van der Waals surface area contributed by atoms with Gasteiger partial charge >= 0.3 is 5.97 Å². The molecule has 1 aliphatic heterocycles. The summed E-state index contributed by atoms with van der Waals surface area (Å²) in [5.74, 6) is -1.72. The molecule has 0 spiro atoms. The Morgan fingerprint density at radius 1 is 1.18 bits per heavy atom. The van der Waals surface area contributed by atoms with Crippen LogP contribution in [-0.4, -0.2) is 30.9 Å². The van der Waals surface area contributed by atoms with Crippen molar-refractivity contribution < 1.29 is 19.1 Å². The van der Waals surface area contributed by atoms with Crippen LogP contribution in [0, 0.1) is 5.92 Å². The van der Waals surface area contributed by atoms with Crippen LogP contribution in [0.4, 0.5) is 11.4 Å². The summed E-state index contributed by atoms with van der Waals surface area (Å²) in [6, 6.07) is 14.3. The van der Waals surface area contributed by atoms with Gasteiger partial charge in [0.25, 0.3) is 5.91 Å². The predicted molar refractivity (Wildman–Crippen MR) is 107 cm³/mol. The molecule has 0 saturated carbocycles. The monoisotopic (exact) mass is 400 g/mol. The van der Waals surface area contributed by atoms with E-state index in [1.54, 1.807) is 30.3 Å². The fraction of sp³-hybridized carbons (Fsp3) is 0.286. The summed E-state index contributed by atoms with van der Waals surface area (Å²) in [4.78, 5) is 38.2. The van der Waals surface area contributed by atoms with Gasteiger partial charge in [0, 0.05) is 29.4 Å². The number of nitrogens with zero attached hydrogens (tertiary/aromatic N) is 1. The van der Waals surface area contributed by atoms with Gasteiger partial charge in [0.2, 0.25) is 5.91 Å². The van der Waals surface area contributed by atoms with E-state index in [-0.39, 0.29) is 25.5 Å². The zero-order valence-electron chi connectivity index (χ0n) is 15.5. The molecule has 2 aromatic rings. The highest BCUT2D eigenvalue weighted by Crippen LogP contribution is 2.27. The first-order chi connectivity index (χ1) is 13.5. The minimum atomic E-state index is -0.598. The Morgan fingerprint density at radius 3 is 2.61 bits per heavy atom. The molecule has 6 nitrogen and oxygen atoms in total. The van der Waals surface area contributed by atoms with E-state index in [2.05, 4.69) is 5.32 Å². The number of hydrogen-bond acceptors (Lipinski definition) is 4. The number of carbonyl (C=O) groups is 3. The molecular formula is C21H21ClN2O4. The van der Waals surface area contributed by atoms with Crippen molar-refractivity contribution in [1.82, 2.24) is 0 Å². The third-order valence-corrected chi connectivity index (χ3v) is 4.87. The van der Waals surface area contributed by atoms with Gasteiger partial charge in [-0.15, -0.1) is 0 Å². The predicted octanol–water partition coefficient (Wildman–Crippen LogP) is 3.44. The van der Waals surface area contributed by atoms with Crippen molar-refractivity contribution >= 4 is 40.8 Å². The van der Waals surface area contributed by atoms with Gasteiger partial charge in [-0.05, 0) is 42.3 Å². The maximum absolute atomic E-state index is 12.3. The van der Waals surface area contributed by atoms with E-state index in [0.717, 1.165) is 12.0 Å². The van der Waals surface area contributed by atoms with Gasteiger partial charge in [-0.2, -0.15) is 0 Å². The number of halogens is 1. The SMILES string of the molecule is CCc1ccccc1NC(=O)COC(=O)[C@H]1CC(=O)N(c2ccc(Cl)cc2)C1. The summed E-state index contributed by atoms with van der Waals surface area (Å²) >= 11 is 5.87. The number of anilines is 2. The van der Waals surface area contributed by atoms with Crippen LogP contribution in [0.1, 0.15) is 18.9 Å². The molecule has 28 heavy (non-hydrogen) atoms. The molecule has 3 rings (SSSR count). The second-order valence-electron chi connectivity index (χ2n) is 6.55. The summed E-state index contributed by atoms with van der Waals surface area (Å²) in [6.07, 6.45) is 0.836. The Bertz CT molecular complexity index is 882. The lowest BCUT2D eigenvalue weighted by Crippen LogP contribution is -2.28. The van der Waals surface area contributed by atoms with Crippen molar-refractivity contribution in [3.63, 3.8) is 0 Å². The zero-order chi connectivity index (χ0) is 20.1. The van der Waals surface area contributed by atoms with E-state index in [4.69, 9.17) is 16.3 Å². The summed E-state index contributed by atoms with van der Waals surface area (Å²) in [7, 11) is 0. The van der Waals surface area contributed by atoms with Crippen molar-refractivity contribution in [1.29, 1.82) is 0 Å². The number of hydrogen-bond donors (Lipinski definition) is 1. The number of ether oxygens (including phenoxy) is 1. The number of amides is 2. The van der Waals surface area contributed by atoms with Crippen molar-refractivity contribution in [2.45, 2.75) is 19.8 Å². The van der Waals surface area contributed by atoms with Crippen LogP contribution in [0.25, 0.3) is 0 Å². The van der Waals surface area contributed by atoms with Crippen LogP contribution in [0.3, 0.4) is 0 Å². The average molecular weight is 401 g/mol. The lowest BCUT2D eigenvalue weighted by atomic mass is 10.1. The van der Waals surface area contributed by atoms with E-state index in [9.17, 15) is 14.4 Å². The highest BCUT2D eigenvalue weighted by molar-refractivity contribution is 6.30. The first kappa shape index (κ1) is 19.9. The van der Waals surface area contributed by atoms with Gasteiger partial charge in [-0.25, -0.2) is 0 Å². The Morgan fingerprint density at radius 2 is 1.89 bits per heavy atom. The van der Waals surface area contributed by atoms with Crippen molar-refractivity contribution in [2.24, 2.45) is 5.92 Å². The van der Waals surface area contributed by atoms with Crippen molar-refractivity contribution in [3.8, 4) is 0 Å². The fourth-order valence-electron chi connectivity index (χ4n) is 3.13. The van der Waals surface area contributed by atoms with Gasteiger partial charge in [0.05, 0.1) is 5.92 Å². The topological polar surface area (TPSA) is 75.7 Å². The second kappa shape index (κ2) is 8.89. The molecule has 1 atom stereocenters. The number of benzene rings is 2. The zero-order valence-corrected chi connectivity index (χ0v) is 16.2. The number of nitrogens with one attached hydrogen (secondary N) is 1. The van der Waals surface area contributed by atoms with E-state index in [1.807, 2.05) is 25.1 Å². The van der Waals surface area contributed by atoms with Crippen molar-refractivity contribution in [3.05, 3.63) is 59.1 Å². The summed E-state index contributed by atoms with van der Waals surface area (Å²) in [5, 5.41) is 3.32. The van der Waals surface area contributed by atoms with E-state index in [1.165, 1.54) is 4.90 Å².